The fourth-order valence-electron chi connectivity index (χ4n) is 1.32. The van der Waals surface area contributed by atoms with Gasteiger partial charge in [0, 0.05) is 13.2 Å². The quantitative estimate of drug-likeness (QED) is 0.442. The van der Waals surface area contributed by atoms with Gasteiger partial charge < -0.3 is 20.3 Å². The summed E-state index contributed by atoms with van der Waals surface area (Å²) in [4.78, 5) is 11.7. The van der Waals surface area contributed by atoms with Crippen molar-refractivity contribution < 1.29 is 19.4 Å². The summed E-state index contributed by atoms with van der Waals surface area (Å²) in [6.07, 6.45) is 1.10. The molecule has 0 radical (unpaired) electrons. The van der Waals surface area contributed by atoms with Crippen molar-refractivity contribution in [3.63, 3.8) is 0 Å². The van der Waals surface area contributed by atoms with Gasteiger partial charge in [-0.15, -0.1) is 0 Å². The molecule has 1 atom stereocenters. The van der Waals surface area contributed by atoms with E-state index < -0.39 is 5.41 Å². The third kappa shape index (κ3) is 5.44. The summed E-state index contributed by atoms with van der Waals surface area (Å²) in [5.74, 6) is -0.274. The molecule has 96 valence electrons. The molecule has 0 rings (SSSR count). The monoisotopic (exact) mass is 233 g/mol. The number of hydrogen-bond acceptors (Lipinski definition) is 5. The highest BCUT2D eigenvalue weighted by Gasteiger charge is 2.34. The number of hydrogen-bond donors (Lipinski definition) is 2. The van der Waals surface area contributed by atoms with Crippen LogP contribution in [0, 0.1) is 5.41 Å². The number of carbonyl (C=O) groups is 1. The van der Waals surface area contributed by atoms with Crippen molar-refractivity contribution in [3.8, 4) is 0 Å². The lowest BCUT2D eigenvalue weighted by molar-refractivity contribution is -0.158. The molecule has 0 amide bonds. The van der Waals surface area contributed by atoms with Crippen molar-refractivity contribution >= 4 is 5.97 Å². The molecular formula is C11H23NO4. The fourth-order valence-corrected chi connectivity index (χ4v) is 1.32. The highest BCUT2D eigenvalue weighted by atomic mass is 16.5. The fraction of sp³-hybridized carbons (Fsp3) is 0.909. The molecule has 0 bridgehead atoms. The second-order valence-electron chi connectivity index (χ2n) is 3.95. The standard InChI is InChI=1S/C11H23NO4/c1-3-16-10(14)11(2,5-6-12)9-15-8-4-7-13/h13H,3-9,12H2,1-2H3/t11-/m0/s1. The van der Waals surface area contributed by atoms with Gasteiger partial charge in [-0.2, -0.15) is 0 Å². The zero-order chi connectivity index (χ0) is 12.4. The molecule has 16 heavy (non-hydrogen) atoms. The first-order chi connectivity index (χ1) is 7.60. The summed E-state index contributed by atoms with van der Waals surface area (Å²) in [5.41, 5.74) is 4.80. The second-order valence-corrected chi connectivity index (χ2v) is 3.95. The van der Waals surface area contributed by atoms with Crippen molar-refractivity contribution in [2.24, 2.45) is 11.1 Å². The topological polar surface area (TPSA) is 81.8 Å². The summed E-state index contributed by atoms with van der Waals surface area (Å²) in [6.45, 7) is 5.14. The third-order valence-corrected chi connectivity index (χ3v) is 2.33. The first-order valence-corrected chi connectivity index (χ1v) is 5.66. The Bertz CT molecular complexity index is 198. The summed E-state index contributed by atoms with van der Waals surface area (Å²) in [5, 5.41) is 8.60. The predicted octanol–water partition coefficient (Wildman–Crippen LogP) is 0.304. The van der Waals surface area contributed by atoms with Gasteiger partial charge in [-0.1, -0.05) is 0 Å². The molecule has 0 heterocycles. The molecule has 0 fully saturated rings. The number of aliphatic hydroxyl groups is 1. The van der Waals surface area contributed by atoms with E-state index in [2.05, 4.69) is 0 Å². The van der Waals surface area contributed by atoms with Crippen molar-refractivity contribution in [1.29, 1.82) is 0 Å². The lowest BCUT2D eigenvalue weighted by Crippen LogP contribution is -2.37. The number of esters is 1. The zero-order valence-corrected chi connectivity index (χ0v) is 10.2. The molecule has 0 saturated carbocycles. The second kappa shape index (κ2) is 8.50. The molecular weight excluding hydrogens is 210 g/mol. The van der Waals surface area contributed by atoms with Crippen molar-refractivity contribution in [2.75, 3.05) is 33.0 Å². The van der Waals surface area contributed by atoms with Crippen LogP contribution >= 0.6 is 0 Å². The van der Waals surface area contributed by atoms with Crippen molar-refractivity contribution in [1.82, 2.24) is 0 Å². The molecule has 0 aliphatic carbocycles. The summed E-state index contributed by atoms with van der Waals surface area (Å²) >= 11 is 0. The first kappa shape index (κ1) is 15.3. The van der Waals surface area contributed by atoms with Gasteiger partial charge in [0.2, 0.25) is 0 Å². The molecule has 5 heteroatoms. The molecule has 3 N–H and O–H groups in total. The lowest BCUT2D eigenvalue weighted by Gasteiger charge is -2.26. The number of nitrogens with two attached hydrogens (primary N) is 1. The molecule has 0 aromatic heterocycles. The Morgan fingerprint density at radius 1 is 1.50 bits per heavy atom. The highest BCUT2D eigenvalue weighted by Crippen LogP contribution is 2.23. The largest absolute Gasteiger partial charge is 0.466 e. The number of aliphatic hydroxyl groups excluding tert-OH is 1. The Morgan fingerprint density at radius 3 is 2.69 bits per heavy atom. The lowest BCUT2D eigenvalue weighted by atomic mass is 9.88. The van der Waals surface area contributed by atoms with E-state index in [0.29, 0.717) is 32.6 Å². The Morgan fingerprint density at radius 2 is 2.19 bits per heavy atom. The molecule has 0 aromatic carbocycles. The van der Waals surface area contributed by atoms with E-state index in [4.69, 9.17) is 20.3 Å². The van der Waals surface area contributed by atoms with Crippen LogP contribution in [0.15, 0.2) is 0 Å². The third-order valence-electron chi connectivity index (χ3n) is 2.33. The van der Waals surface area contributed by atoms with E-state index in [-0.39, 0.29) is 19.2 Å². The zero-order valence-electron chi connectivity index (χ0n) is 10.2. The normalized spacial score (nSPS) is 14.5. The van der Waals surface area contributed by atoms with Crippen LogP contribution in [0.1, 0.15) is 26.7 Å². The Kier molecular flexibility index (Phi) is 8.15. The Balaban J connectivity index is 4.15. The summed E-state index contributed by atoms with van der Waals surface area (Å²) in [6, 6.07) is 0. The van der Waals surface area contributed by atoms with E-state index in [1.807, 2.05) is 0 Å². The van der Waals surface area contributed by atoms with Gasteiger partial charge in [-0.05, 0) is 33.2 Å². The molecule has 0 saturated heterocycles. The molecule has 5 nitrogen and oxygen atoms in total. The van der Waals surface area contributed by atoms with Crippen LogP contribution < -0.4 is 5.73 Å². The van der Waals surface area contributed by atoms with Crippen LogP contribution in [-0.4, -0.2) is 44.0 Å². The van der Waals surface area contributed by atoms with Gasteiger partial charge in [-0.25, -0.2) is 0 Å². The molecule has 0 aliphatic heterocycles. The van der Waals surface area contributed by atoms with Crippen LogP contribution in [0.4, 0.5) is 0 Å². The van der Waals surface area contributed by atoms with Gasteiger partial charge in [0.05, 0.1) is 18.6 Å². The van der Waals surface area contributed by atoms with Gasteiger partial charge >= 0.3 is 5.97 Å². The van der Waals surface area contributed by atoms with Gasteiger partial charge in [0.15, 0.2) is 0 Å². The Labute approximate surface area is 96.9 Å². The average Bonchev–Trinajstić information content (AvgIpc) is 2.25. The smallest absolute Gasteiger partial charge is 0.314 e. The maximum atomic E-state index is 11.7. The van der Waals surface area contributed by atoms with E-state index in [0.717, 1.165) is 0 Å². The minimum Gasteiger partial charge on any atom is -0.466 e. The van der Waals surface area contributed by atoms with Crippen LogP contribution in [0.5, 0.6) is 0 Å². The highest BCUT2D eigenvalue weighted by molar-refractivity contribution is 5.76. The van der Waals surface area contributed by atoms with Crippen LogP contribution in [0.2, 0.25) is 0 Å². The van der Waals surface area contributed by atoms with Gasteiger partial charge in [-0.3, -0.25) is 4.79 Å². The van der Waals surface area contributed by atoms with Crippen molar-refractivity contribution in [2.45, 2.75) is 26.7 Å². The number of carbonyl (C=O) groups excluding carboxylic acids is 1. The van der Waals surface area contributed by atoms with Crippen LogP contribution in [-0.2, 0) is 14.3 Å². The van der Waals surface area contributed by atoms with E-state index >= 15 is 0 Å². The maximum absolute atomic E-state index is 11.7. The van der Waals surface area contributed by atoms with Crippen LogP contribution in [0.3, 0.4) is 0 Å². The SMILES string of the molecule is CCOC(=O)[C@@](C)(CCN)COCCCO. The minimum absolute atomic E-state index is 0.0903. The predicted molar refractivity (Wildman–Crippen MR) is 60.9 cm³/mol. The van der Waals surface area contributed by atoms with Crippen LogP contribution in [0.25, 0.3) is 0 Å². The van der Waals surface area contributed by atoms with Gasteiger partial charge in [0.25, 0.3) is 0 Å². The van der Waals surface area contributed by atoms with Gasteiger partial charge in [0.1, 0.15) is 0 Å². The molecule has 0 aromatic rings. The number of ether oxygens (including phenoxy) is 2. The van der Waals surface area contributed by atoms with E-state index in [1.54, 1.807) is 13.8 Å². The number of rotatable bonds is 9. The summed E-state index contributed by atoms with van der Waals surface area (Å²) in [7, 11) is 0. The van der Waals surface area contributed by atoms with Crippen molar-refractivity contribution in [3.05, 3.63) is 0 Å². The average molecular weight is 233 g/mol. The minimum atomic E-state index is -0.680. The van der Waals surface area contributed by atoms with E-state index in [1.165, 1.54) is 0 Å². The Hall–Kier alpha value is -0.650. The maximum Gasteiger partial charge on any atom is 0.314 e. The molecule has 0 spiro atoms. The van der Waals surface area contributed by atoms with E-state index in [9.17, 15) is 4.79 Å². The first-order valence-electron chi connectivity index (χ1n) is 5.66. The molecule has 0 unspecified atom stereocenters. The molecule has 0 aliphatic rings. The summed E-state index contributed by atoms with van der Waals surface area (Å²) < 4.78 is 10.3.